The van der Waals surface area contributed by atoms with Crippen LogP contribution in [0.2, 0.25) is 0 Å². The Morgan fingerprint density at radius 2 is 2.25 bits per heavy atom. The van der Waals surface area contributed by atoms with E-state index in [-0.39, 0.29) is 5.91 Å². The van der Waals surface area contributed by atoms with E-state index in [9.17, 15) is 4.79 Å². The summed E-state index contributed by atoms with van der Waals surface area (Å²) in [5, 5.41) is 3.56. The van der Waals surface area contributed by atoms with Crippen molar-refractivity contribution in [2.24, 2.45) is 0 Å². The summed E-state index contributed by atoms with van der Waals surface area (Å²) in [5.74, 6) is 0.128. The molecule has 1 aliphatic heterocycles. The molecule has 0 spiro atoms. The molecule has 0 saturated heterocycles. The zero-order valence-corrected chi connectivity index (χ0v) is 12.2. The first-order valence-corrected chi connectivity index (χ1v) is 7.46. The third kappa shape index (κ3) is 2.52. The van der Waals surface area contributed by atoms with Gasteiger partial charge in [0.05, 0.1) is 6.10 Å². The van der Waals surface area contributed by atoms with Crippen LogP contribution in [0, 0.1) is 0 Å². The molecule has 1 aromatic carbocycles. The van der Waals surface area contributed by atoms with Gasteiger partial charge in [-0.3, -0.25) is 4.79 Å². The zero-order valence-electron chi connectivity index (χ0n) is 12.2. The highest BCUT2D eigenvalue weighted by molar-refractivity contribution is 5.94. The summed E-state index contributed by atoms with van der Waals surface area (Å²) < 4.78 is 5.58. The molecular weight excluding hydrogens is 252 g/mol. The molecular formula is C16H22N2O2. The monoisotopic (exact) mass is 274 g/mol. The Hall–Kier alpha value is -1.55. The van der Waals surface area contributed by atoms with Crippen molar-refractivity contribution in [3.05, 3.63) is 23.8 Å². The fourth-order valence-corrected chi connectivity index (χ4v) is 3.11. The van der Waals surface area contributed by atoms with Gasteiger partial charge >= 0.3 is 0 Å². The maximum Gasteiger partial charge on any atom is 0.223 e. The first-order chi connectivity index (χ1) is 9.67. The molecule has 0 unspecified atom stereocenters. The number of rotatable bonds is 4. The van der Waals surface area contributed by atoms with Crippen LogP contribution in [-0.2, 0) is 16.0 Å². The molecule has 1 heterocycles. The second kappa shape index (κ2) is 5.44. The van der Waals surface area contributed by atoms with Crippen molar-refractivity contribution in [2.75, 3.05) is 23.4 Å². The Morgan fingerprint density at radius 1 is 1.45 bits per heavy atom. The summed E-state index contributed by atoms with van der Waals surface area (Å²) in [4.78, 5) is 13.4. The van der Waals surface area contributed by atoms with Crippen LogP contribution in [0.5, 0.6) is 0 Å². The summed E-state index contributed by atoms with van der Waals surface area (Å²) in [5.41, 5.74) is 3.50. The lowest BCUT2D eigenvalue weighted by Gasteiger charge is -2.36. The Morgan fingerprint density at radius 3 is 2.95 bits per heavy atom. The molecule has 108 valence electrons. The zero-order chi connectivity index (χ0) is 14.1. The van der Waals surface area contributed by atoms with Crippen molar-refractivity contribution in [1.82, 2.24) is 0 Å². The lowest BCUT2D eigenvalue weighted by atomic mass is 9.89. The van der Waals surface area contributed by atoms with Crippen molar-refractivity contribution in [2.45, 2.75) is 45.3 Å². The maximum absolute atomic E-state index is 11.5. The van der Waals surface area contributed by atoms with E-state index in [0.717, 1.165) is 43.8 Å². The van der Waals surface area contributed by atoms with Crippen molar-refractivity contribution in [3.8, 4) is 0 Å². The molecule has 1 fully saturated rings. The Bertz CT molecular complexity index is 509. The highest BCUT2D eigenvalue weighted by Crippen LogP contribution is 2.32. The van der Waals surface area contributed by atoms with E-state index >= 15 is 0 Å². The summed E-state index contributed by atoms with van der Waals surface area (Å²) in [6, 6.07) is 6.85. The third-order valence-electron chi connectivity index (χ3n) is 4.22. The highest BCUT2D eigenvalue weighted by Gasteiger charge is 2.30. The fraction of sp³-hybridized carbons (Fsp3) is 0.562. The SMILES string of the molecule is CCOC1CC(Nc2ccc3c(c2)CCN3C(C)=O)C1. The van der Waals surface area contributed by atoms with Crippen LogP contribution in [0.3, 0.4) is 0 Å². The van der Waals surface area contributed by atoms with Crippen LogP contribution < -0.4 is 10.2 Å². The summed E-state index contributed by atoms with van der Waals surface area (Å²) in [6.07, 6.45) is 3.56. The Balaban J connectivity index is 1.62. The molecule has 4 nitrogen and oxygen atoms in total. The molecule has 2 aliphatic rings. The standard InChI is InChI=1S/C16H22N2O2/c1-3-20-15-9-14(10-15)17-13-4-5-16-12(8-13)6-7-18(16)11(2)19/h4-5,8,14-15,17H,3,6-7,9-10H2,1-2H3. The Kier molecular flexibility index (Phi) is 3.66. The van der Waals surface area contributed by atoms with Gasteiger partial charge < -0.3 is 15.0 Å². The molecule has 20 heavy (non-hydrogen) atoms. The molecule has 0 aromatic heterocycles. The number of hydrogen-bond donors (Lipinski definition) is 1. The van der Waals surface area contributed by atoms with Gasteiger partial charge in [-0.2, -0.15) is 0 Å². The number of amides is 1. The highest BCUT2D eigenvalue weighted by atomic mass is 16.5. The second-order valence-corrected chi connectivity index (χ2v) is 5.65. The molecule has 1 N–H and O–H groups in total. The molecule has 4 heteroatoms. The number of benzene rings is 1. The number of carbonyl (C=O) groups is 1. The molecule has 1 aromatic rings. The normalized spacial score (nSPS) is 24.2. The first kappa shape index (κ1) is 13.4. The lowest BCUT2D eigenvalue weighted by Crippen LogP contribution is -2.40. The van der Waals surface area contributed by atoms with Gasteiger partial charge in [0, 0.05) is 37.5 Å². The molecule has 0 bridgehead atoms. The third-order valence-corrected chi connectivity index (χ3v) is 4.22. The largest absolute Gasteiger partial charge is 0.382 e. The fourth-order valence-electron chi connectivity index (χ4n) is 3.11. The molecule has 1 aliphatic carbocycles. The molecule has 0 atom stereocenters. The van der Waals surface area contributed by atoms with Gasteiger partial charge in [0.25, 0.3) is 0 Å². The van der Waals surface area contributed by atoms with Gasteiger partial charge in [0.15, 0.2) is 0 Å². The second-order valence-electron chi connectivity index (χ2n) is 5.65. The van der Waals surface area contributed by atoms with Crippen LogP contribution >= 0.6 is 0 Å². The average molecular weight is 274 g/mol. The molecule has 0 radical (unpaired) electrons. The van der Waals surface area contributed by atoms with Gasteiger partial charge in [0.1, 0.15) is 0 Å². The summed E-state index contributed by atoms with van der Waals surface area (Å²) >= 11 is 0. The number of hydrogen-bond acceptors (Lipinski definition) is 3. The van der Waals surface area contributed by atoms with Crippen molar-refractivity contribution < 1.29 is 9.53 Å². The smallest absolute Gasteiger partial charge is 0.223 e. The van der Waals surface area contributed by atoms with Crippen LogP contribution in [0.15, 0.2) is 18.2 Å². The molecule has 1 amide bonds. The molecule has 3 rings (SSSR count). The number of carbonyl (C=O) groups excluding carboxylic acids is 1. The van der Waals surface area contributed by atoms with E-state index in [0.29, 0.717) is 12.1 Å². The van der Waals surface area contributed by atoms with Crippen molar-refractivity contribution in [3.63, 3.8) is 0 Å². The van der Waals surface area contributed by atoms with Gasteiger partial charge in [-0.05, 0) is 49.9 Å². The van der Waals surface area contributed by atoms with Crippen LogP contribution in [0.4, 0.5) is 11.4 Å². The summed E-state index contributed by atoms with van der Waals surface area (Å²) in [6.45, 7) is 5.28. The van der Waals surface area contributed by atoms with Crippen molar-refractivity contribution in [1.29, 1.82) is 0 Å². The minimum atomic E-state index is 0.128. The first-order valence-electron chi connectivity index (χ1n) is 7.46. The van der Waals surface area contributed by atoms with E-state index in [2.05, 4.69) is 23.5 Å². The number of nitrogens with one attached hydrogen (secondary N) is 1. The lowest BCUT2D eigenvalue weighted by molar-refractivity contribution is -0.116. The number of fused-ring (bicyclic) bond motifs is 1. The Labute approximate surface area is 120 Å². The quantitative estimate of drug-likeness (QED) is 0.917. The van der Waals surface area contributed by atoms with Crippen LogP contribution in [0.1, 0.15) is 32.3 Å². The average Bonchev–Trinajstić information content (AvgIpc) is 2.79. The number of nitrogens with zero attached hydrogens (tertiary/aromatic N) is 1. The van der Waals surface area contributed by atoms with E-state index in [4.69, 9.17) is 4.74 Å². The van der Waals surface area contributed by atoms with E-state index in [1.807, 2.05) is 11.8 Å². The van der Waals surface area contributed by atoms with E-state index in [1.165, 1.54) is 5.56 Å². The number of ether oxygens (including phenoxy) is 1. The van der Waals surface area contributed by atoms with Crippen LogP contribution in [0.25, 0.3) is 0 Å². The van der Waals surface area contributed by atoms with Gasteiger partial charge in [0.2, 0.25) is 5.91 Å². The van der Waals surface area contributed by atoms with Crippen LogP contribution in [-0.4, -0.2) is 31.2 Å². The van der Waals surface area contributed by atoms with Crippen molar-refractivity contribution >= 4 is 17.3 Å². The maximum atomic E-state index is 11.5. The van der Waals surface area contributed by atoms with Gasteiger partial charge in [-0.25, -0.2) is 0 Å². The van der Waals surface area contributed by atoms with E-state index in [1.54, 1.807) is 6.92 Å². The van der Waals surface area contributed by atoms with Gasteiger partial charge in [-0.15, -0.1) is 0 Å². The van der Waals surface area contributed by atoms with Gasteiger partial charge in [-0.1, -0.05) is 0 Å². The molecule has 1 saturated carbocycles. The minimum Gasteiger partial charge on any atom is -0.382 e. The summed E-state index contributed by atoms with van der Waals surface area (Å²) in [7, 11) is 0. The van der Waals surface area contributed by atoms with E-state index < -0.39 is 0 Å². The predicted octanol–water partition coefficient (Wildman–Crippen LogP) is 2.58. The topological polar surface area (TPSA) is 41.6 Å². The predicted molar refractivity (Wildman–Crippen MR) is 80.2 cm³/mol. The number of anilines is 2. The minimum absolute atomic E-state index is 0.128.